The largest absolute Gasteiger partial charge is 0.457 e. The van der Waals surface area contributed by atoms with Crippen molar-refractivity contribution in [3.63, 3.8) is 0 Å². The van der Waals surface area contributed by atoms with Crippen LogP contribution in [0.4, 0.5) is 15.8 Å². The highest BCUT2D eigenvalue weighted by Crippen LogP contribution is 2.24. The molecule has 1 unspecified atom stereocenters. The Bertz CT molecular complexity index is 1120. The Morgan fingerprint density at radius 3 is 2.20 bits per heavy atom. The average molecular weight is 428 g/mol. The number of carbonyl (C=O) groups excluding carboxylic acids is 1. The molecule has 0 spiro atoms. The highest BCUT2D eigenvalue weighted by molar-refractivity contribution is 7.92. The number of hydrogen-bond donors (Lipinski definition) is 1. The van der Waals surface area contributed by atoms with Crippen LogP contribution in [0.25, 0.3) is 0 Å². The quantitative estimate of drug-likeness (QED) is 0.605. The zero-order chi connectivity index (χ0) is 21.7. The van der Waals surface area contributed by atoms with E-state index in [9.17, 15) is 17.6 Å². The Labute approximate surface area is 175 Å². The van der Waals surface area contributed by atoms with Crippen LogP contribution in [0.5, 0.6) is 11.5 Å². The van der Waals surface area contributed by atoms with Gasteiger partial charge >= 0.3 is 0 Å². The minimum absolute atomic E-state index is 0.0757. The van der Waals surface area contributed by atoms with Crippen molar-refractivity contribution < 1.29 is 22.3 Å². The van der Waals surface area contributed by atoms with Gasteiger partial charge in [0.15, 0.2) is 0 Å². The van der Waals surface area contributed by atoms with Crippen LogP contribution in [-0.4, -0.2) is 26.6 Å². The Kier molecular flexibility index (Phi) is 6.37. The van der Waals surface area contributed by atoms with Gasteiger partial charge in [-0.25, -0.2) is 12.8 Å². The minimum atomic E-state index is -3.83. The maximum absolute atomic E-state index is 13.6. The Balaban J connectivity index is 1.73. The van der Waals surface area contributed by atoms with Crippen molar-refractivity contribution in [3.05, 3.63) is 84.7 Å². The zero-order valence-electron chi connectivity index (χ0n) is 16.4. The van der Waals surface area contributed by atoms with Crippen LogP contribution < -0.4 is 14.4 Å². The molecule has 0 saturated carbocycles. The van der Waals surface area contributed by atoms with Crippen LogP contribution in [0, 0.1) is 5.82 Å². The van der Waals surface area contributed by atoms with Crippen molar-refractivity contribution in [2.75, 3.05) is 15.9 Å². The summed E-state index contributed by atoms with van der Waals surface area (Å²) >= 11 is 0. The van der Waals surface area contributed by atoms with Gasteiger partial charge in [0, 0.05) is 5.69 Å². The number of ether oxygens (including phenoxy) is 1. The van der Waals surface area contributed by atoms with Gasteiger partial charge in [-0.05, 0) is 61.5 Å². The number of para-hydroxylation sites is 1. The van der Waals surface area contributed by atoms with E-state index in [1.807, 2.05) is 30.3 Å². The number of benzene rings is 3. The molecule has 8 heteroatoms. The fourth-order valence-electron chi connectivity index (χ4n) is 2.90. The average Bonchev–Trinajstić information content (AvgIpc) is 2.69. The predicted octanol–water partition coefficient (Wildman–Crippen LogP) is 4.41. The van der Waals surface area contributed by atoms with E-state index in [4.69, 9.17) is 4.74 Å². The van der Waals surface area contributed by atoms with Crippen molar-refractivity contribution in [2.45, 2.75) is 13.0 Å². The predicted molar refractivity (Wildman–Crippen MR) is 115 cm³/mol. The van der Waals surface area contributed by atoms with Crippen molar-refractivity contribution in [1.82, 2.24) is 0 Å². The summed E-state index contributed by atoms with van der Waals surface area (Å²) in [4.78, 5) is 12.7. The third-order valence-electron chi connectivity index (χ3n) is 4.25. The highest BCUT2D eigenvalue weighted by Gasteiger charge is 2.29. The maximum Gasteiger partial charge on any atom is 0.247 e. The van der Waals surface area contributed by atoms with Gasteiger partial charge in [0.1, 0.15) is 23.4 Å². The second-order valence-corrected chi connectivity index (χ2v) is 8.50. The fraction of sp³-hybridized carbons (Fsp3) is 0.136. The number of carbonyl (C=O) groups is 1. The second kappa shape index (κ2) is 8.96. The Morgan fingerprint density at radius 2 is 1.60 bits per heavy atom. The van der Waals surface area contributed by atoms with Gasteiger partial charge in [0.25, 0.3) is 0 Å². The van der Waals surface area contributed by atoms with Crippen LogP contribution >= 0.6 is 0 Å². The van der Waals surface area contributed by atoms with E-state index in [1.54, 1.807) is 24.3 Å². The molecule has 3 aromatic carbocycles. The van der Waals surface area contributed by atoms with Gasteiger partial charge in [0.2, 0.25) is 15.9 Å². The standard InChI is InChI=1S/C22H21FN2O4S/c1-16(25(30(2,27)28)19-8-6-7-17(23)15-19)22(26)24-18-11-13-21(14-12-18)29-20-9-4-3-5-10-20/h3-16H,1-2H3,(H,24,26). The number of anilines is 2. The minimum Gasteiger partial charge on any atom is -0.457 e. The van der Waals surface area contributed by atoms with Crippen molar-refractivity contribution in [1.29, 1.82) is 0 Å². The Hall–Kier alpha value is -3.39. The molecular formula is C22H21FN2O4S. The van der Waals surface area contributed by atoms with Crippen LogP contribution in [0.1, 0.15) is 6.92 Å². The van der Waals surface area contributed by atoms with Gasteiger partial charge < -0.3 is 10.1 Å². The molecule has 156 valence electrons. The maximum atomic E-state index is 13.6. The molecule has 6 nitrogen and oxygen atoms in total. The van der Waals surface area contributed by atoms with Crippen LogP contribution in [0.2, 0.25) is 0 Å². The monoisotopic (exact) mass is 428 g/mol. The first-order valence-electron chi connectivity index (χ1n) is 9.13. The first-order chi connectivity index (χ1) is 14.2. The molecular weight excluding hydrogens is 407 g/mol. The third kappa shape index (κ3) is 5.36. The van der Waals surface area contributed by atoms with E-state index in [-0.39, 0.29) is 5.69 Å². The van der Waals surface area contributed by atoms with Crippen LogP contribution in [-0.2, 0) is 14.8 Å². The molecule has 3 rings (SSSR count). The molecule has 3 aromatic rings. The lowest BCUT2D eigenvalue weighted by atomic mass is 10.2. The van der Waals surface area contributed by atoms with Crippen LogP contribution in [0.3, 0.4) is 0 Å². The van der Waals surface area contributed by atoms with Gasteiger partial charge in [-0.2, -0.15) is 0 Å². The van der Waals surface area contributed by atoms with E-state index < -0.39 is 27.8 Å². The lowest BCUT2D eigenvalue weighted by Crippen LogP contribution is -2.45. The Morgan fingerprint density at radius 1 is 0.967 bits per heavy atom. The summed E-state index contributed by atoms with van der Waals surface area (Å²) in [5.74, 6) is 0.121. The number of rotatable bonds is 7. The third-order valence-corrected chi connectivity index (χ3v) is 5.49. The summed E-state index contributed by atoms with van der Waals surface area (Å²) in [6, 6.07) is 19.9. The summed E-state index contributed by atoms with van der Waals surface area (Å²) in [6.45, 7) is 1.44. The summed E-state index contributed by atoms with van der Waals surface area (Å²) < 4.78 is 44.7. The van der Waals surface area contributed by atoms with Gasteiger partial charge in [0.05, 0.1) is 11.9 Å². The van der Waals surface area contributed by atoms with E-state index in [0.29, 0.717) is 17.2 Å². The molecule has 0 aromatic heterocycles. The summed E-state index contributed by atoms with van der Waals surface area (Å²) in [5.41, 5.74) is 0.548. The number of halogens is 1. The van der Waals surface area contributed by atoms with Crippen molar-refractivity contribution in [2.24, 2.45) is 0 Å². The van der Waals surface area contributed by atoms with Gasteiger partial charge in [-0.3, -0.25) is 9.10 Å². The lowest BCUT2D eigenvalue weighted by molar-refractivity contribution is -0.116. The molecule has 0 aliphatic carbocycles. The number of amides is 1. The molecule has 0 fully saturated rings. The normalized spacial score (nSPS) is 12.1. The van der Waals surface area contributed by atoms with E-state index in [2.05, 4.69) is 5.32 Å². The second-order valence-electron chi connectivity index (χ2n) is 6.64. The lowest BCUT2D eigenvalue weighted by Gasteiger charge is -2.28. The molecule has 0 radical (unpaired) electrons. The zero-order valence-corrected chi connectivity index (χ0v) is 17.3. The molecule has 1 N–H and O–H groups in total. The van der Waals surface area contributed by atoms with Gasteiger partial charge in [-0.1, -0.05) is 24.3 Å². The summed E-state index contributed by atoms with van der Waals surface area (Å²) in [5, 5.41) is 2.68. The molecule has 30 heavy (non-hydrogen) atoms. The fourth-order valence-corrected chi connectivity index (χ4v) is 4.07. The topological polar surface area (TPSA) is 75.7 Å². The van der Waals surface area contributed by atoms with E-state index in [1.165, 1.54) is 25.1 Å². The first kappa shape index (κ1) is 21.3. The first-order valence-corrected chi connectivity index (χ1v) is 11.0. The molecule has 1 atom stereocenters. The number of sulfonamides is 1. The molecule has 0 saturated heterocycles. The van der Waals surface area contributed by atoms with Gasteiger partial charge in [-0.15, -0.1) is 0 Å². The molecule has 1 amide bonds. The molecule has 0 aliphatic rings. The van der Waals surface area contributed by atoms with Crippen molar-refractivity contribution >= 4 is 27.3 Å². The SMILES string of the molecule is CC(C(=O)Nc1ccc(Oc2ccccc2)cc1)N(c1cccc(F)c1)S(C)(=O)=O. The molecule has 0 aliphatic heterocycles. The van der Waals surface area contributed by atoms with E-state index >= 15 is 0 Å². The number of hydrogen-bond acceptors (Lipinski definition) is 4. The van der Waals surface area contributed by atoms with Crippen LogP contribution in [0.15, 0.2) is 78.9 Å². The number of nitrogens with one attached hydrogen (secondary N) is 1. The summed E-state index contributed by atoms with van der Waals surface area (Å²) in [6.07, 6.45) is 0.970. The summed E-state index contributed by atoms with van der Waals surface area (Å²) in [7, 11) is -3.83. The number of nitrogens with zero attached hydrogens (tertiary/aromatic N) is 1. The van der Waals surface area contributed by atoms with Crippen molar-refractivity contribution in [3.8, 4) is 11.5 Å². The van der Waals surface area contributed by atoms with E-state index in [0.717, 1.165) is 16.6 Å². The molecule has 0 bridgehead atoms. The highest BCUT2D eigenvalue weighted by atomic mass is 32.2. The smallest absolute Gasteiger partial charge is 0.247 e. The molecule has 0 heterocycles.